The van der Waals surface area contributed by atoms with Crippen LogP contribution in [0.2, 0.25) is 0 Å². The molecule has 0 saturated carbocycles. The number of hydrogen-bond donors (Lipinski definition) is 2. The van der Waals surface area contributed by atoms with Gasteiger partial charge in [-0.05, 0) is 55.4 Å². The monoisotopic (exact) mass is 495 g/mol. The number of nitrogens with one attached hydrogen (secondary N) is 2. The molecule has 1 atom stereocenters. The van der Waals surface area contributed by atoms with Gasteiger partial charge in [-0.3, -0.25) is 19.7 Å². The normalized spacial score (nSPS) is 18.3. The molecular weight excluding hydrogens is 462 g/mol. The van der Waals surface area contributed by atoms with E-state index in [1.54, 1.807) is 6.20 Å². The number of aryl methyl sites for hydroxylation is 1. The third-order valence-electron chi connectivity index (χ3n) is 6.80. The molecule has 1 saturated heterocycles. The third-order valence-corrected chi connectivity index (χ3v) is 6.80. The molecule has 3 heterocycles. The van der Waals surface area contributed by atoms with Crippen LogP contribution >= 0.6 is 0 Å². The minimum Gasteiger partial charge on any atom is -0.345 e. The second-order valence-electron chi connectivity index (χ2n) is 9.63. The Morgan fingerprint density at radius 3 is 2.62 bits per heavy atom. The Labute approximate surface area is 218 Å². The Kier molecular flexibility index (Phi) is 7.67. The standard InChI is InChI=1S/C29H33N7O/c1-21-5-10-25(18-27(21)34-29-31-13-11-26(33-29)24-4-3-12-30-19-24)32-28(37)23-8-6-22(7-9-23)20-36-16-14-35(2)15-17-36/h3-10,12-13,18-19,29,34H,11,14-17,20H2,1-2H3,(H,32,37). The van der Waals surface area contributed by atoms with Crippen molar-refractivity contribution >= 4 is 29.2 Å². The molecule has 1 amide bonds. The Bertz CT molecular complexity index is 1280. The van der Waals surface area contributed by atoms with E-state index < -0.39 is 6.29 Å². The van der Waals surface area contributed by atoms with Crippen LogP contribution in [0.15, 0.2) is 77.0 Å². The van der Waals surface area contributed by atoms with Gasteiger partial charge < -0.3 is 15.5 Å². The number of anilines is 2. The van der Waals surface area contributed by atoms with E-state index in [2.05, 4.69) is 37.5 Å². The molecule has 3 aromatic rings. The molecule has 5 rings (SSSR count). The molecule has 8 nitrogen and oxygen atoms in total. The molecule has 1 aromatic heterocycles. The van der Waals surface area contributed by atoms with Gasteiger partial charge in [0.2, 0.25) is 6.29 Å². The van der Waals surface area contributed by atoms with E-state index in [4.69, 9.17) is 4.99 Å². The van der Waals surface area contributed by atoms with Gasteiger partial charge >= 0.3 is 0 Å². The van der Waals surface area contributed by atoms with E-state index in [1.807, 2.05) is 73.9 Å². The van der Waals surface area contributed by atoms with Crippen LogP contribution in [-0.4, -0.2) is 72.1 Å². The SMILES string of the molecule is Cc1ccc(NC(=O)c2ccc(CN3CCN(C)CC3)cc2)cc1NC1N=CCC(c2cccnc2)=N1. The first-order valence-electron chi connectivity index (χ1n) is 12.7. The maximum atomic E-state index is 12.9. The maximum absolute atomic E-state index is 12.9. The summed E-state index contributed by atoms with van der Waals surface area (Å²) < 4.78 is 0. The fraction of sp³-hybridized carbons (Fsp3) is 0.310. The zero-order chi connectivity index (χ0) is 25.6. The Hall–Kier alpha value is -3.88. The number of benzene rings is 2. The minimum absolute atomic E-state index is 0.131. The van der Waals surface area contributed by atoms with Crippen molar-refractivity contribution in [1.82, 2.24) is 14.8 Å². The molecule has 2 N–H and O–H groups in total. The van der Waals surface area contributed by atoms with Crippen molar-refractivity contribution in [3.8, 4) is 0 Å². The lowest BCUT2D eigenvalue weighted by molar-refractivity contribution is 0.102. The third kappa shape index (κ3) is 6.47. The van der Waals surface area contributed by atoms with Crippen LogP contribution in [0, 0.1) is 6.92 Å². The molecule has 2 aliphatic rings. The van der Waals surface area contributed by atoms with Crippen molar-refractivity contribution in [2.24, 2.45) is 9.98 Å². The van der Waals surface area contributed by atoms with Crippen LogP contribution < -0.4 is 10.6 Å². The number of nitrogens with zero attached hydrogens (tertiary/aromatic N) is 5. The summed E-state index contributed by atoms with van der Waals surface area (Å²) in [4.78, 5) is 31.2. The van der Waals surface area contributed by atoms with Crippen LogP contribution in [0.4, 0.5) is 11.4 Å². The number of likely N-dealkylation sites (N-methyl/N-ethyl adjacent to an activating group) is 1. The van der Waals surface area contributed by atoms with E-state index in [1.165, 1.54) is 5.56 Å². The van der Waals surface area contributed by atoms with Crippen molar-refractivity contribution in [3.05, 3.63) is 89.2 Å². The molecule has 1 fully saturated rings. The summed E-state index contributed by atoms with van der Waals surface area (Å²) in [5.41, 5.74) is 6.44. The maximum Gasteiger partial charge on any atom is 0.255 e. The second-order valence-corrected chi connectivity index (χ2v) is 9.63. The fourth-order valence-electron chi connectivity index (χ4n) is 4.49. The molecule has 1 unspecified atom stereocenters. The number of carbonyl (C=O) groups is 1. The van der Waals surface area contributed by atoms with Gasteiger partial charge in [0, 0.05) is 80.3 Å². The summed E-state index contributed by atoms with van der Waals surface area (Å²) in [6.45, 7) is 7.27. The lowest BCUT2D eigenvalue weighted by Crippen LogP contribution is -2.43. The Morgan fingerprint density at radius 2 is 1.86 bits per heavy atom. The average Bonchev–Trinajstić information content (AvgIpc) is 2.93. The summed E-state index contributed by atoms with van der Waals surface area (Å²) in [6.07, 6.45) is 5.69. The summed E-state index contributed by atoms with van der Waals surface area (Å²) in [5.74, 6) is -0.131. The summed E-state index contributed by atoms with van der Waals surface area (Å²) in [7, 11) is 2.16. The summed E-state index contributed by atoms with van der Waals surface area (Å²) >= 11 is 0. The van der Waals surface area contributed by atoms with Gasteiger partial charge in [0.05, 0.1) is 5.71 Å². The van der Waals surface area contributed by atoms with Crippen molar-refractivity contribution in [2.75, 3.05) is 43.9 Å². The number of aromatic nitrogens is 1. The molecule has 0 bridgehead atoms. The van der Waals surface area contributed by atoms with Gasteiger partial charge in [0.15, 0.2) is 0 Å². The topological polar surface area (TPSA) is 85.2 Å². The number of carbonyl (C=O) groups excluding carboxylic acids is 1. The molecule has 190 valence electrons. The quantitative estimate of drug-likeness (QED) is 0.517. The van der Waals surface area contributed by atoms with E-state index in [0.29, 0.717) is 12.0 Å². The van der Waals surface area contributed by atoms with Crippen molar-refractivity contribution in [1.29, 1.82) is 0 Å². The van der Waals surface area contributed by atoms with Crippen molar-refractivity contribution < 1.29 is 4.79 Å². The number of aliphatic imine (C=N–C) groups is 2. The number of piperazine rings is 1. The highest BCUT2D eigenvalue weighted by atomic mass is 16.1. The number of amides is 1. The Morgan fingerprint density at radius 1 is 1.05 bits per heavy atom. The molecule has 0 aliphatic carbocycles. The molecule has 0 spiro atoms. The van der Waals surface area contributed by atoms with E-state index in [0.717, 1.165) is 60.9 Å². The number of pyridine rings is 1. The summed E-state index contributed by atoms with van der Waals surface area (Å²) in [5, 5.41) is 6.41. The van der Waals surface area contributed by atoms with Gasteiger partial charge in [0.1, 0.15) is 0 Å². The van der Waals surface area contributed by atoms with Crippen LogP contribution in [0.1, 0.15) is 33.5 Å². The van der Waals surface area contributed by atoms with Crippen molar-refractivity contribution in [2.45, 2.75) is 26.2 Å². The number of rotatable bonds is 7. The van der Waals surface area contributed by atoms with E-state index in [-0.39, 0.29) is 5.91 Å². The van der Waals surface area contributed by atoms with Crippen LogP contribution in [0.5, 0.6) is 0 Å². The molecule has 2 aromatic carbocycles. The van der Waals surface area contributed by atoms with Gasteiger partial charge in [-0.15, -0.1) is 0 Å². The highest BCUT2D eigenvalue weighted by Gasteiger charge is 2.16. The first kappa shape index (κ1) is 24.8. The number of hydrogen-bond acceptors (Lipinski definition) is 7. The highest BCUT2D eigenvalue weighted by molar-refractivity contribution is 6.08. The zero-order valence-electron chi connectivity index (χ0n) is 21.4. The van der Waals surface area contributed by atoms with Gasteiger partial charge in [-0.2, -0.15) is 0 Å². The Balaban J connectivity index is 1.21. The van der Waals surface area contributed by atoms with Crippen LogP contribution in [-0.2, 0) is 6.54 Å². The summed E-state index contributed by atoms with van der Waals surface area (Å²) in [6, 6.07) is 17.6. The largest absolute Gasteiger partial charge is 0.345 e. The molecule has 0 radical (unpaired) electrons. The van der Waals surface area contributed by atoms with E-state index >= 15 is 0 Å². The molecule has 2 aliphatic heterocycles. The minimum atomic E-state index is -0.429. The zero-order valence-corrected chi connectivity index (χ0v) is 21.4. The fourth-order valence-corrected chi connectivity index (χ4v) is 4.49. The molecular formula is C29H33N7O. The molecule has 8 heteroatoms. The first-order chi connectivity index (χ1) is 18.0. The highest BCUT2D eigenvalue weighted by Crippen LogP contribution is 2.23. The lowest BCUT2D eigenvalue weighted by Gasteiger charge is -2.32. The predicted octanol–water partition coefficient (Wildman–Crippen LogP) is 4.05. The van der Waals surface area contributed by atoms with Crippen LogP contribution in [0.3, 0.4) is 0 Å². The lowest BCUT2D eigenvalue weighted by atomic mass is 10.1. The van der Waals surface area contributed by atoms with Gasteiger partial charge in [-0.25, -0.2) is 4.99 Å². The predicted molar refractivity (Wildman–Crippen MR) is 150 cm³/mol. The smallest absolute Gasteiger partial charge is 0.255 e. The van der Waals surface area contributed by atoms with Gasteiger partial charge in [0.25, 0.3) is 5.91 Å². The second kappa shape index (κ2) is 11.5. The first-order valence-corrected chi connectivity index (χ1v) is 12.7. The molecule has 37 heavy (non-hydrogen) atoms. The van der Waals surface area contributed by atoms with Crippen molar-refractivity contribution in [3.63, 3.8) is 0 Å². The van der Waals surface area contributed by atoms with Gasteiger partial charge in [-0.1, -0.05) is 24.3 Å². The van der Waals surface area contributed by atoms with E-state index in [9.17, 15) is 4.79 Å². The van der Waals surface area contributed by atoms with Crippen LogP contribution in [0.25, 0.3) is 0 Å². The average molecular weight is 496 g/mol.